The third-order valence-electron chi connectivity index (χ3n) is 5.16. The van der Waals surface area contributed by atoms with Gasteiger partial charge >= 0.3 is 0 Å². The van der Waals surface area contributed by atoms with E-state index in [0.29, 0.717) is 30.0 Å². The number of fused-ring (bicyclic) bond motifs is 1. The van der Waals surface area contributed by atoms with Crippen LogP contribution in [0.4, 0.5) is 5.82 Å². The van der Waals surface area contributed by atoms with Crippen LogP contribution in [0.25, 0.3) is 11.1 Å². The third kappa shape index (κ3) is 3.48. The van der Waals surface area contributed by atoms with E-state index in [1.807, 2.05) is 0 Å². The molecule has 10 nitrogen and oxygen atoms in total. The van der Waals surface area contributed by atoms with Gasteiger partial charge in [-0.15, -0.1) is 0 Å². The molecule has 1 N–H and O–H groups in total. The van der Waals surface area contributed by atoms with Crippen LogP contribution in [0.2, 0.25) is 0 Å². The molecule has 0 bridgehead atoms. The number of carbonyl (C=O) groups is 2. The Morgan fingerprint density at radius 3 is 2.60 bits per heavy atom. The lowest BCUT2D eigenvalue weighted by Crippen LogP contribution is -2.40. The van der Waals surface area contributed by atoms with Gasteiger partial charge < -0.3 is 14.8 Å². The van der Waals surface area contributed by atoms with Crippen LogP contribution < -0.4 is 10.1 Å². The molecule has 3 heterocycles. The Labute approximate surface area is 173 Å². The first-order valence-corrected chi connectivity index (χ1v) is 11.0. The number of benzene rings is 1. The molecule has 0 saturated carbocycles. The van der Waals surface area contributed by atoms with Crippen molar-refractivity contribution >= 4 is 27.7 Å². The maximum absolute atomic E-state index is 13.3. The number of hydrogen-bond donors (Lipinski definition) is 1. The van der Waals surface area contributed by atoms with Crippen molar-refractivity contribution in [3.05, 3.63) is 23.9 Å². The molecule has 1 aromatic carbocycles. The summed E-state index contributed by atoms with van der Waals surface area (Å²) in [6.45, 7) is 2.86. The average Bonchev–Trinajstić information content (AvgIpc) is 3.00. The minimum absolute atomic E-state index is 0.00928. The van der Waals surface area contributed by atoms with Gasteiger partial charge in [0.2, 0.25) is 21.8 Å². The van der Waals surface area contributed by atoms with Gasteiger partial charge in [-0.2, -0.15) is 14.1 Å². The Morgan fingerprint density at radius 1 is 1.17 bits per heavy atom. The van der Waals surface area contributed by atoms with Crippen molar-refractivity contribution in [3.63, 3.8) is 0 Å². The molecule has 2 aliphatic heterocycles. The maximum atomic E-state index is 13.3. The van der Waals surface area contributed by atoms with Gasteiger partial charge in [-0.1, -0.05) is 6.07 Å². The van der Waals surface area contributed by atoms with Crippen LogP contribution in [-0.2, 0) is 19.6 Å². The molecule has 0 unspecified atom stereocenters. The lowest BCUT2D eigenvalue weighted by Gasteiger charge is -2.27. The number of aromatic nitrogens is 2. The van der Waals surface area contributed by atoms with Gasteiger partial charge in [-0.25, -0.2) is 8.42 Å². The second-order valence-corrected chi connectivity index (χ2v) is 8.95. The largest absolute Gasteiger partial charge is 0.495 e. The Kier molecular flexibility index (Phi) is 5.35. The zero-order valence-corrected chi connectivity index (χ0v) is 17.5. The van der Waals surface area contributed by atoms with Gasteiger partial charge in [0, 0.05) is 31.5 Å². The Balaban J connectivity index is 1.85. The molecule has 0 radical (unpaired) electrons. The molecule has 1 fully saturated rings. The molecule has 1 amide bonds. The number of anilines is 1. The molecule has 1 aromatic heterocycles. The standard InChI is InChI=1S/C19H22N4O6S/c1-12-18(19-20-16(24)5-6-17(25)23(19)21-12)13-3-4-14(28-2)15(11-13)30(26,27)22-7-9-29-10-8-22/h3-4,11H,5-10H2,1-2H3,(H,20,24). The van der Waals surface area contributed by atoms with E-state index in [1.165, 1.54) is 22.2 Å². The number of sulfonamides is 1. The van der Waals surface area contributed by atoms with Crippen molar-refractivity contribution in [2.24, 2.45) is 0 Å². The number of amides is 1. The normalized spacial score (nSPS) is 17.9. The summed E-state index contributed by atoms with van der Waals surface area (Å²) in [5.74, 6) is -0.133. The van der Waals surface area contributed by atoms with E-state index in [9.17, 15) is 18.0 Å². The number of carbonyl (C=O) groups excluding carboxylic acids is 2. The molecule has 1 saturated heterocycles. The maximum Gasteiger partial charge on any atom is 0.249 e. The van der Waals surface area contributed by atoms with Crippen LogP contribution in [0.5, 0.6) is 5.75 Å². The minimum atomic E-state index is -3.83. The van der Waals surface area contributed by atoms with E-state index in [1.54, 1.807) is 19.1 Å². The number of methoxy groups -OCH3 is 1. The highest BCUT2D eigenvalue weighted by Gasteiger charge is 2.31. The van der Waals surface area contributed by atoms with E-state index in [2.05, 4.69) is 10.4 Å². The number of nitrogens with one attached hydrogen (secondary N) is 1. The van der Waals surface area contributed by atoms with E-state index in [4.69, 9.17) is 9.47 Å². The van der Waals surface area contributed by atoms with Crippen LogP contribution in [0.3, 0.4) is 0 Å². The predicted octanol–water partition coefficient (Wildman–Crippen LogP) is 1.26. The average molecular weight is 434 g/mol. The fraction of sp³-hybridized carbons (Fsp3) is 0.421. The lowest BCUT2D eigenvalue weighted by atomic mass is 10.1. The first kappa shape index (κ1) is 20.5. The molecule has 2 aromatic rings. The van der Waals surface area contributed by atoms with Gasteiger partial charge in [-0.3, -0.25) is 9.59 Å². The fourth-order valence-electron chi connectivity index (χ4n) is 3.65. The van der Waals surface area contributed by atoms with E-state index in [0.717, 1.165) is 0 Å². The first-order valence-electron chi connectivity index (χ1n) is 9.52. The molecule has 160 valence electrons. The molecule has 30 heavy (non-hydrogen) atoms. The summed E-state index contributed by atoms with van der Waals surface area (Å²) in [6.07, 6.45) is 0.124. The monoisotopic (exact) mass is 434 g/mol. The fourth-order valence-corrected chi connectivity index (χ4v) is 5.24. The van der Waals surface area contributed by atoms with Crippen LogP contribution in [0.15, 0.2) is 23.1 Å². The van der Waals surface area contributed by atoms with Crippen LogP contribution in [0.1, 0.15) is 23.3 Å². The van der Waals surface area contributed by atoms with Gasteiger partial charge in [0.15, 0.2) is 0 Å². The second-order valence-electron chi connectivity index (χ2n) is 7.04. The molecule has 0 atom stereocenters. The van der Waals surface area contributed by atoms with E-state index in [-0.39, 0.29) is 54.2 Å². The van der Waals surface area contributed by atoms with Crippen molar-refractivity contribution in [2.75, 3.05) is 38.7 Å². The minimum Gasteiger partial charge on any atom is -0.495 e. The molecule has 11 heteroatoms. The molecule has 0 aliphatic carbocycles. The van der Waals surface area contributed by atoms with Crippen LogP contribution in [0, 0.1) is 6.92 Å². The van der Waals surface area contributed by atoms with Crippen molar-refractivity contribution in [2.45, 2.75) is 24.7 Å². The smallest absolute Gasteiger partial charge is 0.249 e. The van der Waals surface area contributed by atoms with Gasteiger partial charge in [-0.05, 0) is 24.6 Å². The summed E-state index contributed by atoms with van der Waals surface area (Å²) in [6, 6.07) is 4.74. The van der Waals surface area contributed by atoms with Crippen molar-refractivity contribution < 1.29 is 27.5 Å². The summed E-state index contributed by atoms with van der Waals surface area (Å²) in [7, 11) is -2.43. The molecule has 2 aliphatic rings. The van der Waals surface area contributed by atoms with Gasteiger partial charge in [0.25, 0.3) is 0 Å². The Bertz CT molecular complexity index is 1120. The second kappa shape index (κ2) is 7.82. The highest BCUT2D eigenvalue weighted by molar-refractivity contribution is 7.89. The number of morpholine rings is 1. The molecular weight excluding hydrogens is 412 g/mol. The Morgan fingerprint density at radius 2 is 1.90 bits per heavy atom. The van der Waals surface area contributed by atoms with Crippen LogP contribution >= 0.6 is 0 Å². The van der Waals surface area contributed by atoms with Crippen LogP contribution in [-0.4, -0.2) is 67.7 Å². The number of hydrogen-bond acceptors (Lipinski definition) is 7. The summed E-state index contributed by atoms with van der Waals surface area (Å²) in [4.78, 5) is 24.4. The number of ether oxygens (including phenoxy) is 2. The zero-order valence-electron chi connectivity index (χ0n) is 16.7. The van der Waals surface area contributed by atoms with Crippen molar-refractivity contribution in [3.8, 4) is 16.9 Å². The molecule has 4 rings (SSSR count). The van der Waals surface area contributed by atoms with Crippen molar-refractivity contribution in [1.82, 2.24) is 14.1 Å². The topological polar surface area (TPSA) is 120 Å². The number of nitrogens with zero attached hydrogens (tertiary/aromatic N) is 3. The highest BCUT2D eigenvalue weighted by Crippen LogP contribution is 2.37. The predicted molar refractivity (Wildman–Crippen MR) is 107 cm³/mol. The molecular formula is C19H22N4O6S. The van der Waals surface area contributed by atoms with Crippen molar-refractivity contribution in [1.29, 1.82) is 0 Å². The summed E-state index contributed by atoms with van der Waals surface area (Å²) in [5.41, 5.74) is 1.51. The number of aryl methyl sites for hydroxylation is 1. The van der Waals surface area contributed by atoms with E-state index >= 15 is 0 Å². The zero-order chi connectivity index (χ0) is 21.5. The molecule has 0 spiro atoms. The quantitative estimate of drug-likeness (QED) is 0.769. The Hall–Kier alpha value is -2.76. The summed E-state index contributed by atoms with van der Waals surface area (Å²) in [5, 5.41) is 7.00. The van der Waals surface area contributed by atoms with E-state index < -0.39 is 10.0 Å². The highest BCUT2D eigenvalue weighted by atomic mass is 32.2. The van der Waals surface area contributed by atoms with Gasteiger partial charge in [0.1, 0.15) is 16.5 Å². The van der Waals surface area contributed by atoms with Gasteiger partial charge in [0.05, 0.1) is 26.0 Å². The summed E-state index contributed by atoms with van der Waals surface area (Å²) < 4.78 is 39.6. The SMILES string of the molecule is COc1ccc(-c2c(C)nn3c2NC(=O)CCC3=O)cc1S(=O)(=O)N1CCOCC1. The number of rotatable bonds is 4. The summed E-state index contributed by atoms with van der Waals surface area (Å²) >= 11 is 0. The first-order chi connectivity index (χ1) is 14.3. The third-order valence-corrected chi connectivity index (χ3v) is 7.08. The lowest BCUT2D eigenvalue weighted by molar-refractivity contribution is -0.116.